The minimum absolute atomic E-state index is 0.411. The van der Waals surface area contributed by atoms with Gasteiger partial charge in [-0.25, -0.2) is 9.97 Å². The van der Waals surface area contributed by atoms with Gasteiger partial charge in [0.05, 0.1) is 18.7 Å². The molecule has 3 N–H and O–H groups in total. The third-order valence-electron chi connectivity index (χ3n) is 5.62. The number of benzene rings is 2. The van der Waals surface area contributed by atoms with Crippen molar-refractivity contribution in [2.75, 3.05) is 44.7 Å². The Kier molecular flexibility index (Phi) is 5.92. The topological polar surface area (TPSA) is 93.4 Å². The van der Waals surface area contributed by atoms with Gasteiger partial charge in [-0.2, -0.15) is 0 Å². The number of fused-ring (bicyclic) bond motifs is 1. The van der Waals surface area contributed by atoms with Gasteiger partial charge in [0.25, 0.3) is 0 Å². The average Bonchev–Trinajstić information content (AvgIpc) is 2.74. The smallest absolute Gasteiger partial charge is 0.248 e. The number of primary amides is 1. The van der Waals surface area contributed by atoms with E-state index in [1.165, 1.54) is 0 Å². The van der Waals surface area contributed by atoms with E-state index in [0.717, 1.165) is 72.5 Å². The van der Waals surface area contributed by atoms with Crippen molar-refractivity contribution >= 4 is 22.8 Å². The summed E-state index contributed by atoms with van der Waals surface area (Å²) in [5.74, 6) is 0.220. The molecule has 1 aliphatic rings. The molecule has 0 atom stereocenters. The molecule has 1 aromatic heterocycles. The first-order valence-corrected chi connectivity index (χ1v) is 10.2. The number of carbonyl (C=O) groups excluding carboxylic acids is 1. The molecule has 156 valence electrons. The van der Waals surface area contributed by atoms with Gasteiger partial charge in [-0.3, -0.25) is 9.69 Å². The van der Waals surface area contributed by atoms with Gasteiger partial charge in [-0.1, -0.05) is 12.1 Å². The lowest BCUT2D eigenvalue weighted by molar-refractivity contribution is 0.0398. The number of carbonyl (C=O) groups is 1. The number of hydrogen-bond acceptors (Lipinski definition) is 6. The van der Waals surface area contributed by atoms with E-state index in [9.17, 15) is 4.79 Å². The SMILES string of the molecule is Cc1ccc(C(N)=O)c(C)c1-c1ccc2nc(NCCN3CCOCC3)ncc2c1. The Hall–Kier alpha value is -3.03. The Balaban J connectivity index is 1.54. The Morgan fingerprint density at radius 1 is 1.20 bits per heavy atom. The predicted molar refractivity (Wildman–Crippen MR) is 119 cm³/mol. The number of amides is 1. The minimum Gasteiger partial charge on any atom is -0.379 e. The largest absolute Gasteiger partial charge is 0.379 e. The molecule has 1 fully saturated rings. The van der Waals surface area contributed by atoms with E-state index < -0.39 is 5.91 Å². The number of anilines is 1. The molecule has 0 spiro atoms. The highest BCUT2D eigenvalue weighted by Gasteiger charge is 2.14. The number of morpholine rings is 1. The van der Waals surface area contributed by atoms with Crippen LogP contribution in [-0.2, 0) is 4.74 Å². The molecule has 7 heteroatoms. The summed E-state index contributed by atoms with van der Waals surface area (Å²) in [4.78, 5) is 23.2. The molecular weight excluding hydrogens is 378 g/mol. The zero-order valence-electron chi connectivity index (χ0n) is 17.4. The monoisotopic (exact) mass is 405 g/mol. The molecule has 1 saturated heterocycles. The molecule has 0 saturated carbocycles. The number of nitrogens with two attached hydrogens (primary N) is 1. The van der Waals surface area contributed by atoms with Crippen LogP contribution in [0.5, 0.6) is 0 Å². The number of hydrogen-bond donors (Lipinski definition) is 2. The quantitative estimate of drug-likeness (QED) is 0.655. The predicted octanol–water partition coefficient (Wildman–Crippen LogP) is 2.76. The van der Waals surface area contributed by atoms with Gasteiger partial charge in [0.15, 0.2) is 0 Å². The second kappa shape index (κ2) is 8.77. The molecule has 1 amide bonds. The summed E-state index contributed by atoms with van der Waals surface area (Å²) in [7, 11) is 0. The van der Waals surface area contributed by atoms with Crippen molar-refractivity contribution in [2.24, 2.45) is 5.73 Å². The van der Waals surface area contributed by atoms with Crippen LogP contribution in [0.15, 0.2) is 36.5 Å². The van der Waals surface area contributed by atoms with Crippen molar-refractivity contribution in [3.8, 4) is 11.1 Å². The van der Waals surface area contributed by atoms with Crippen LogP contribution in [0.25, 0.3) is 22.0 Å². The molecule has 0 bridgehead atoms. The average molecular weight is 406 g/mol. The molecule has 0 unspecified atom stereocenters. The first-order chi connectivity index (χ1) is 14.5. The van der Waals surface area contributed by atoms with Crippen LogP contribution in [0.4, 0.5) is 5.95 Å². The van der Waals surface area contributed by atoms with Crippen LogP contribution in [0.2, 0.25) is 0 Å². The Bertz CT molecular complexity index is 1080. The molecule has 0 aliphatic carbocycles. The molecular formula is C23H27N5O2. The number of rotatable bonds is 6. The number of aromatic nitrogens is 2. The van der Waals surface area contributed by atoms with E-state index in [2.05, 4.69) is 26.3 Å². The maximum absolute atomic E-state index is 11.7. The molecule has 30 heavy (non-hydrogen) atoms. The molecule has 7 nitrogen and oxygen atoms in total. The van der Waals surface area contributed by atoms with Crippen molar-refractivity contribution < 1.29 is 9.53 Å². The van der Waals surface area contributed by atoms with Crippen molar-refractivity contribution in [1.82, 2.24) is 14.9 Å². The molecule has 2 heterocycles. The third-order valence-corrected chi connectivity index (χ3v) is 5.62. The lowest BCUT2D eigenvalue weighted by Gasteiger charge is -2.26. The van der Waals surface area contributed by atoms with Crippen LogP contribution < -0.4 is 11.1 Å². The van der Waals surface area contributed by atoms with Gasteiger partial charge in [0.1, 0.15) is 0 Å². The van der Waals surface area contributed by atoms with E-state index >= 15 is 0 Å². The van der Waals surface area contributed by atoms with Crippen LogP contribution in [0.1, 0.15) is 21.5 Å². The Morgan fingerprint density at radius 2 is 2.00 bits per heavy atom. The summed E-state index contributed by atoms with van der Waals surface area (Å²) in [5, 5.41) is 4.27. The Morgan fingerprint density at radius 3 is 2.77 bits per heavy atom. The zero-order valence-corrected chi connectivity index (χ0v) is 17.4. The van der Waals surface area contributed by atoms with Gasteiger partial charge in [0.2, 0.25) is 11.9 Å². The van der Waals surface area contributed by atoms with E-state index in [0.29, 0.717) is 11.5 Å². The summed E-state index contributed by atoms with van der Waals surface area (Å²) < 4.78 is 5.38. The summed E-state index contributed by atoms with van der Waals surface area (Å²) in [6.07, 6.45) is 1.84. The maximum atomic E-state index is 11.7. The lowest BCUT2D eigenvalue weighted by atomic mass is 9.91. The van der Waals surface area contributed by atoms with E-state index in [4.69, 9.17) is 10.5 Å². The molecule has 1 aliphatic heterocycles. The van der Waals surface area contributed by atoms with Crippen LogP contribution >= 0.6 is 0 Å². The second-order valence-corrected chi connectivity index (χ2v) is 7.64. The number of aryl methyl sites for hydroxylation is 1. The zero-order chi connectivity index (χ0) is 21.1. The highest BCUT2D eigenvalue weighted by molar-refractivity contribution is 5.97. The van der Waals surface area contributed by atoms with Crippen molar-refractivity contribution in [2.45, 2.75) is 13.8 Å². The van der Waals surface area contributed by atoms with Crippen LogP contribution in [0, 0.1) is 13.8 Å². The van der Waals surface area contributed by atoms with E-state index in [1.807, 2.05) is 38.2 Å². The van der Waals surface area contributed by atoms with Crippen LogP contribution in [0.3, 0.4) is 0 Å². The molecule has 2 aromatic carbocycles. The minimum atomic E-state index is -0.411. The van der Waals surface area contributed by atoms with Crippen molar-refractivity contribution in [3.05, 3.63) is 53.2 Å². The van der Waals surface area contributed by atoms with Gasteiger partial charge in [-0.15, -0.1) is 0 Å². The van der Waals surface area contributed by atoms with Crippen LogP contribution in [-0.4, -0.2) is 60.2 Å². The van der Waals surface area contributed by atoms with Gasteiger partial charge in [0, 0.05) is 43.3 Å². The number of ether oxygens (including phenoxy) is 1. The molecule has 4 rings (SSSR count). The fourth-order valence-electron chi connectivity index (χ4n) is 3.98. The lowest BCUT2D eigenvalue weighted by Crippen LogP contribution is -2.39. The molecule has 0 radical (unpaired) electrons. The normalized spacial score (nSPS) is 14.7. The first-order valence-electron chi connectivity index (χ1n) is 10.2. The number of nitrogens with zero attached hydrogens (tertiary/aromatic N) is 3. The van der Waals surface area contributed by atoms with Gasteiger partial charge >= 0.3 is 0 Å². The number of nitrogens with one attached hydrogen (secondary N) is 1. The summed E-state index contributed by atoms with van der Waals surface area (Å²) >= 11 is 0. The maximum Gasteiger partial charge on any atom is 0.248 e. The summed E-state index contributed by atoms with van der Waals surface area (Å²) in [5.41, 5.74) is 11.0. The fourth-order valence-corrected chi connectivity index (χ4v) is 3.98. The third kappa shape index (κ3) is 4.27. The molecule has 3 aromatic rings. The van der Waals surface area contributed by atoms with Crippen molar-refractivity contribution in [3.63, 3.8) is 0 Å². The van der Waals surface area contributed by atoms with E-state index in [-0.39, 0.29) is 0 Å². The highest BCUT2D eigenvalue weighted by Crippen LogP contribution is 2.31. The van der Waals surface area contributed by atoms with Gasteiger partial charge in [-0.05, 0) is 54.3 Å². The Labute approximate surface area is 176 Å². The summed E-state index contributed by atoms with van der Waals surface area (Å²) in [6, 6.07) is 9.81. The standard InChI is InChI=1S/C23H27N5O2/c1-15-3-5-19(22(24)29)16(2)21(15)17-4-6-20-18(13-17)14-26-23(27-20)25-7-8-28-9-11-30-12-10-28/h3-6,13-14H,7-12H2,1-2H3,(H2,24,29)(H,25,26,27). The van der Waals surface area contributed by atoms with Gasteiger partial charge < -0.3 is 15.8 Å². The first kappa shape index (κ1) is 20.3. The van der Waals surface area contributed by atoms with E-state index in [1.54, 1.807) is 6.07 Å². The highest BCUT2D eigenvalue weighted by atomic mass is 16.5. The van der Waals surface area contributed by atoms with Crippen molar-refractivity contribution in [1.29, 1.82) is 0 Å². The summed E-state index contributed by atoms with van der Waals surface area (Å²) in [6.45, 7) is 9.25. The second-order valence-electron chi connectivity index (χ2n) is 7.64. The fraction of sp³-hybridized carbons (Fsp3) is 0.348.